The van der Waals surface area contributed by atoms with E-state index in [1.54, 1.807) is 0 Å². The first-order valence-electron chi connectivity index (χ1n) is 8.82. The van der Waals surface area contributed by atoms with Crippen LogP contribution in [0.4, 0.5) is 0 Å². The lowest BCUT2D eigenvalue weighted by Crippen LogP contribution is -2.59. The fourth-order valence-electron chi connectivity index (χ4n) is 4.73. The van der Waals surface area contributed by atoms with E-state index in [0.29, 0.717) is 16.3 Å². The number of halogens is 2. The summed E-state index contributed by atoms with van der Waals surface area (Å²) in [4.78, 5) is 4.65. The minimum Gasteiger partial charge on any atom is -0.385 e. The quantitative estimate of drug-likeness (QED) is 0.734. The zero-order valence-corrected chi connectivity index (χ0v) is 16.2. The molecule has 2 saturated carbocycles. The van der Waals surface area contributed by atoms with E-state index in [1.807, 2.05) is 11.8 Å². The fraction of sp³-hybridized carbons (Fsp3) is 0.941. The Hall–Kier alpha value is 0.360. The topological polar surface area (TPSA) is 58.6 Å². The molecule has 0 aromatic rings. The van der Waals surface area contributed by atoms with Gasteiger partial charge in [-0.05, 0) is 43.8 Å². The number of aliphatic hydroxyl groups is 1. The Kier molecular flexibility index (Phi) is 5.47. The normalized spacial score (nSPS) is 47.5. The summed E-state index contributed by atoms with van der Waals surface area (Å²) in [6.07, 6.45) is 5.56. The third-order valence-electron chi connectivity index (χ3n) is 5.77. The number of hydrogen-bond donors (Lipinski definition) is 2. The van der Waals surface area contributed by atoms with Crippen LogP contribution in [-0.4, -0.2) is 43.8 Å². The van der Waals surface area contributed by atoms with Crippen LogP contribution >= 0.6 is 35.0 Å². The molecule has 1 heterocycles. The molecule has 23 heavy (non-hydrogen) atoms. The van der Waals surface area contributed by atoms with E-state index in [2.05, 4.69) is 18.8 Å². The SMILES string of the molecule is CC(C)SC1CCC(Cl)CC1C1(O)C(N)=NC2CCC(Cl)CC21. The largest absolute Gasteiger partial charge is 0.385 e. The molecule has 3 N–H and O–H groups in total. The third kappa shape index (κ3) is 3.38. The van der Waals surface area contributed by atoms with Crippen LogP contribution in [0.3, 0.4) is 0 Å². The second-order valence-electron chi connectivity index (χ2n) is 7.66. The molecule has 2 fully saturated rings. The van der Waals surface area contributed by atoms with Crippen molar-refractivity contribution in [2.75, 3.05) is 0 Å². The Morgan fingerprint density at radius 3 is 2.39 bits per heavy atom. The standard InChI is InChI=1S/C17H28Cl2N2OS/c1-9(2)23-15-6-4-11(19)8-13(15)17(22)12-7-10(18)3-5-14(12)21-16(17)20/h9-15,22H,3-8H2,1-2H3,(H2,20,21). The van der Waals surface area contributed by atoms with Crippen molar-refractivity contribution in [2.45, 2.75) is 85.3 Å². The Morgan fingerprint density at radius 2 is 1.74 bits per heavy atom. The lowest BCUT2D eigenvalue weighted by atomic mass is 9.66. The highest BCUT2D eigenvalue weighted by atomic mass is 35.5. The molecular formula is C17H28Cl2N2OS. The smallest absolute Gasteiger partial charge is 0.130 e. The van der Waals surface area contributed by atoms with Gasteiger partial charge in [-0.25, -0.2) is 0 Å². The predicted molar refractivity (Wildman–Crippen MR) is 101 cm³/mol. The van der Waals surface area contributed by atoms with E-state index in [9.17, 15) is 5.11 Å². The van der Waals surface area contributed by atoms with Gasteiger partial charge in [-0.3, -0.25) is 4.99 Å². The lowest BCUT2D eigenvalue weighted by molar-refractivity contribution is -0.0258. The molecular weight excluding hydrogens is 351 g/mol. The maximum Gasteiger partial charge on any atom is 0.130 e. The van der Waals surface area contributed by atoms with Gasteiger partial charge >= 0.3 is 0 Å². The highest BCUT2D eigenvalue weighted by Gasteiger charge is 2.58. The number of hydrogen-bond acceptors (Lipinski definition) is 4. The van der Waals surface area contributed by atoms with Crippen molar-refractivity contribution in [3.05, 3.63) is 0 Å². The van der Waals surface area contributed by atoms with Gasteiger partial charge in [0.25, 0.3) is 0 Å². The summed E-state index contributed by atoms with van der Waals surface area (Å²) in [5.74, 6) is 0.566. The molecule has 0 spiro atoms. The molecule has 0 amide bonds. The van der Waals surface area contributed by atoms with E-state index in [0.717, 1.165) is 38.5 Å². The average molecular weight is 379 g/mol. The molecule has 132 valence electrons. The maximum absolute atomic E-state index is 11.7. The Labute approximate surface area is 153 Å². The summed E-state index contributed by atoms with van der Waals surface area (Å²) >= 11 is 14.8. The Morgan fingerprint density at radius 1 is 1.13 bits per heavy atom. The van der Waals surface area contributed by atoms with E-state index < -0.39 is 5.60 Å². The number of alkyl halides is 2. The van der Waals surface area contributed by atoms with Crippen LogP contribution in [0.5, 0.6) is 0 Å². The first-order chi connectivity index (χ1) is 10.8. The molecule has 3 nitrogen and oxygen atoms in total. The maximum atomic E-state index is 11.7. The van der Waals surface area contributed by atoms with Crippen LogP contribution in [0.25, 0.3) is 0 Å². The summed E-state index contributed by atoms with van der Waals surface area (Å²) in [6.45, 7) is 4.42. The summed E-state index contributed by atoms with van der Waals surface area (Å²) in [5.41, 5.74) is 5.26. The number of fused-ring (bicyclic) bond motifs is 1. The molecule has 7 unspecified atom stereocenters. The van der Waals surface area contributed by atoms with Crippen LogP contribution in [0, 0.1) is 11.8 Å². The second kappa shape index (κ2) is 6.93. The first kappa shape index (κ1) is 18.2. The zero-order valence-electron chi connectivity index (χ0n) is 13.9. The Balaban J connectivity index is 1.90. The number of amidine groups is 1. The van der Waals surface area contributed by atoms with Gasteiger partial charge in [0.05, 0.1) is 6.04 Å². The number of nitrogens with two attached hydrogens (primary N) is 1. The van der Waals surface area contributed by atoms with E-state index in [1.165, 1.54) is 0 Å². The summed E-state index contributed by atoms with van der Waals surface area (Å²) in [7, 11) is 0. The molecule has 6 heteroatoms. The Bertz CT molecular complexity index is 476. The first-order valence-corrected chi connectivity index (χ1v) is 10.6. The number of aliphatic imine (C=N–C) groups is 1. The zero-order chi connectivity index (χ0) is 16.8. The summed E-state index contributed by atoms with van der Waals surface area (Å²) < 4.78 is 0. The molecule has 0 saturated heterocycles. The monoisotopic (exact) mass is 378 g/mol. The predicted octanol–water partition coefficient (Wildman–Crippen LogP) is 3.78. The molecule has 3 rings (SSSR count). The molecule has 0 bridgehead atoms. The van der Waals surface area contributed by atoms with Crippen molar-refractivity contribution in [1.29, 1.82) is 0 Å². The van der Waals surface area contributed by atoms with Gasteiger partial charge in [-0.15, -0.1) is 23.2 Å². The highest BCUT2D eigenvalue weighted by molar-refractivity contribution is 8.00. The van der Waals surface area contributed by atoms with Crippen LogP contribution in [0.15, 0.2) is 4.99 Å². The van der Waals surface area contributed by atoms with Crippen molar-refractivity contribution in [1.82, 2.24) is 0 Å². The van der Waals surface area contributed by atoms with Gasteiger partial charge in [0.15, 0.2) is 0 Å². The minimum atomic E-state index is -1.03. The molecule has 0 aromatic carbocycles. The lowest BCUT2D eigenvalue weighted by Gasteiger charge is -2.47. The highest BCUT2D eigenvalue weighted by Crippen LogP contribution is 2.51. The number of rotatable bonds is 3. The molecule has 2 aliphatic carbocycles. The molecule has 7 atom stereocenters. The van der Waals surface area contributed by atoms with Gasteiger partial charge in [0.1, 0.15) is 11.4 Å². The van der Waals surface area contributed by atoms with Crippen LogP contribution in [0.1, 0.15) is 52.4 Å². The van der Waals surface area contributed by atoms with Gasteiger partial charge in [0.2, 0.25) is 0 Å². The molecule has 0 aromatic heterocycles. The van der Waals surface area contributed by atoms with Crippen molar-refractivity contribution in [3.8, 4) is 0 Å². The fourth-order valence-corrected chi connectivity index (χ4v) is 6.85. The van der Waals surface area contributed by atoms with Gasteiger partial charge in [-0.1, -0.05) is 13.8 Å². The molecule has 3 aliphatic rings. The summed E-state index contributed by atoms with van der Waals surface area (Å²) in [5, 5.41) is 12.9. The average Bonchev–Trinajstić information content (AvgIpc) is 2.73. The van der Waals surface area contributed by atoms with Crippen molar-refractivity contribution in [2.24, 2.45) is 22.6 Å². The van der Waals surface area contributed by atoms with Crippen molar-refractivity contribution >= 4 is 40.8 Å². The molecule has 0 radical (unpaired) electrons. The van der Waals surface area contributed by atoms with E-state index in [-0.39, 0.29) is 28.6 Å². The van der Waals surface area contributed by atoms with E-state index >= 15 is 0 Å². The van der Waals surface area contributed by atoms with Crippen LogP contribution < -0.4 is 5.73 Å². The van der Waals surface area contributed by atoms with Crippen LogP contribution in [-0.2, 0) is 0 Å². The number of nitrogens with zero attached hydrogens (tertiary/aromatic N) is 1. The second-order valence-corrected chi connectivity index (χ2v) is 10.7. The van der Waals surface area contributed by atoms with E-state index in [4.69, 9.17) is 28.9 Å². The van der Waals surface area contributed by atoms with Crippen molar-refractivity contribution < 1.29 is 5.11 Å². The minimum absolute atomic E-state index is 0.0565. The van der Waals surface area contributed by atoms with Crippen molar-refractivity contribution in [3.63, 3.8) is 0 Å². The molecule has 1 aliphatic heterocycles. The van der Waals surface area contributed by atoms with Gasteiger partial charge < -0.3 is 10.8 Å². The van der Waals surface area contributed by atoms with Crippen LogP contribution in [0.2, 0.25) is 0 Å². The number of thioether (sulfide) groups is 1. The van der Waals surface area contributed by atoms with Gasteiger partial charge in [-0.2, -0.15) is 11.8 Å². The third-order valence-corrected chi connectivity index (χ3v) is 8.02. The van der Waals surface area contributed by atoms with Gasteiger partial charge in [0, 0.05) is 27.8 Å². The summed E-state index contributed by atoms with van der Waals surface area (Å²) in [6, 6.07) is 0.135.